The van der Waals surface area contributed by atoms with E-state index >= 15 is 9.59 Å². The van der Waals surface area contributed by atoms with Crippen molar-refractivity contribution >= 4 is 51.7 Å². The number of fused-ring (bicyclic) bond motifs is 4. The van der Waals surface area contributed by atoms with E-state index in [1.807, 2.05) is 110 Å². The minimum Gasteiger partial charge on any atom is -0.463 e. The van der Waals surface area contributed by atoms with E-state index in [0.29, 0.717) is 45.3 Å². The molecule has 0 radical (unpaired) electrons. The van der Waals surface area contributed by atoms with Gasteiger partial charge in [0.15, 0.2) is 11.6 Å². The maximum atomic E-state index is 15.1. The molecule has 284 valence electrons. The van der Waals surface area contributed by atoms with Crippen LogP contribution in [0.3, 0.4) is 0 Å². The topological polar surface area (TPSA) is 133 Å². The first-order valence-corrected chi connectivity index (χ1v) is 19.2. The highest BCUT2D eigenvalue weighted by Crippen LogP contribution is 2.64. The Morgan fingerprint density at radius 2 is 1.42 bits per heavy atom. The molecule has 1 saturated carbocycles. The molecule has 1 aromatic heterocycles. The molecule has 0 spiro atoms. The lowest BCUT2D eigenvalue weighted by molar-refractivity contribution is -0.135. The maximum Gasteiger partial charge on any atom is 0.238 e. The molecule has 3 aliphatic carbocycles. The highest BCUT2D eigenvalue weighted by Gasteiger charge is 2.66. The van der Waals surface area contributed by atoms with E-state index in [-0.39, 0.29) is 42.8 Å². The number of amides is 2. The van der Waals surface area contributed by atoms with Gasteiger partial charge in [-0.1, -0.05) is 72.3 Å². The van der Waals surface area contributed by atoms with Gasteiger partial charge >= 0.3 is 0 Å². The molecule has 0 bridgehead atoms. The molecule has 9 rings (SSSR count). The molecule has 4 aromatic carbocycles. The second kappa shape index (κ2) is 14.2. The van der Waals surface area contributed by atoms with Crippen LogP contribution in [0.4, 0.5) is 22.7 Å². The van der Waals surface area contributed by atoms with Crippen LogP contribution in [0.15, 0.2) is 154 Å². The van der Waals surface area contributed by atoms with E-state index in [4.69, 9.17) is 4.42 Å². The minimum atomic E-state index is -1.40. The summed E-state index contributed by atoms with van der Waals surface area (Å²) in [5, 5.41) is 18.8. The Labute approximate surface area is 329 Å². The lowest BCUT2D eigenvalue weighted by Crippen LogP contribution is -2.58. The second-order valence-corrected chi connectivity index (χ2v) is 15.4. The first kappa shape index (κ1) is 36.1. The van der Waals surface area contributed by atoms with Crippen molar-refractivity contribution in [3.05, 3.63) is 162 Å². The van der Waals surface area contributed by atoms with Crippen LogP contribution in [0.5, 0.6) is 0 Å². The third kappa shape index (κ3) is 5.82. The Bertz CT molecular complexity index is 2490. The fraction of sp³-hybridized carbons (Fsp3) is 0.234. The number of Topliss-reactive ketones (excluding diaryl/α,β-unsaturated/α-hetero) is 1. The summed E-state index contributed by atoms with van der Waals surface area (Å²) in [4.78, 5) is 62.4. The van der Waals surface area contributed by atoms with Crippen LogP contribution in [0, 0.1) is 23.7 Å². The van der Waals surface area contributed by atoms with Crippen LogP contribution < -0.4 is 9.80 Å². The Morgan fingerprint density at radius 1 is 0.772 bits per heavy atom. The van der Waals surface area contributed by atoms with E-state index in [1.165, 1.54) is 11.0 Å². The summed E-state index contributed by atoms with van der Waals surface area (Å²) in [6.45, 7) is -0.349. The zero-order valence-corrected chi connectivity index (χ0v) is 31.5. The minimum absolute atomic E-state index is 0.183. The van der Waals surface area contributed by atoms with Gasteiger partial charge in [-0.05, 0) is 96.6 Å². The number of aliphatic hydroxyl groups is 1. The zero-order valence-electron chi connectivity index (χ0n) is 31.5. The van der Waals surface area contributed by atoms with E-state index < -0.39 is 35.0 Å². The van der Waals surface area contributed by atoms with Gasteiger partial charge in [0.25, 0.3) is 0 Å². The van der Waals surface area contributed by atoms with Crippen LogP contribution >= 0.6 is 0 Å². The quantitative estimate of drug-likeness (QED) is 0.0958. The summed E-state index contributed by atoms with van der Waals surface area (Å²) in [6, 6.07) is 36.5. The van der Waals surface area contributed by atoms with Gasteiger partial charge in [0.05, 0.1) is 40.2 Å². The number of hydrogen-bond acceptors (Lipinski definition) is 9. The Kier molecular flexibility index (Phi) is 9.01. The molecule has 6 unspecified atom stereocenters. The first-order valence-electron chi connectivity index (χ1n) is 19.2. The van der Waals surface area contributed by atoms with Gasteiger partial charge in [-0.2, -0.15) is 10.2 Å². The standard InChI is InChI=1S/C47H40N4O6/c1-50(2)32-17-13-30(14-18-32)48-49-31-15-19-33(20-16-31)51-45(55)36-23-22-35-38(42(36)46(51)56)25-39-44(54)37(28-9-5-3-6-10-28)26-41(53)47(39,29-11-7-4-8-12-29)43(35)40-24-21-34(27-52)57-40/h3-22,24,26,36,38-39,42-43,52H,23,25,27H2,1-2H3. The molecule has 10 heteroatoms. The smallest absolute Gasteiger partial charge is 0.238 e. The van der Waals surface area contributed by atoms with Crippen LogP contribution in [-0.4, -0.2) is 42.6 Å². The Hall–Kier alpha value is -6.52. The number of benzene rings is 4. The lowest BCUT2D eigenvalue weighted by Gasteiger charge is -2.54. The summed E-state index contributed by atoms with van der Waals surface area (Å²) < 4.78 is 6.28. The van der Waals surface area contributed by atoms with Gasteiger partial charge in [0.1, 0.15) is 18.1 Å². The number of carbonyl (C=O) groups excluding carboxylic acids is 4. The zero-order chi connectivity index (χ0) is 39.4. The number of anilines is 2. The Morgan fingerprint density at radius 3 is 2.05 bits per heavy atom. The third-order valence-electron chi connectivity index (χ3n) is 12.3. The molecular formula is C47H40N4O6. The van der Waals surface area contributed by atoms with Crippen LogP contribution in [0.25, 0.3) is 5.57 Å². The average molecular weight is 757 g/mol. The van der Waals surface area contributed by atoms with Gasteiger partial charge in [0.2, 0.25) is 11.8 Å². The van der Waals surface area contributed by atoms with Crippen molar-refractivity contribution in [2.75, 3.05) is 23.9 Å². The van der Waals surface area contributed by atoms with Crippen molar-refractivity contribution in [3.8, 4) is 0 Å². The van der Waals surface area contributed by atoms with E-state index in [0.717, 1.165) is 11.3 Å². The first-order chi connectivity index (χ1) is 27.7. The summed E-state index contributed by atoms with van der Waals surface area (Å²) in [7, 11) is 3.93. The number of nitrogens with zero attached hydrogens (tertiary/aromatic N) is 4. The molecule has 57 heavy (non-hydrogen) atoms. The number of aliphatic hydroxyl groups excluding tert-OH is 1. The van der Waals surface area contributed by atoms with Crippen molar-refractivity contribution < 1.29 is 28.7 Å². The lowest BCUT2D eigenvalue weighted by atomic mass is 9.45. The number of rotatable bonds is 8. The van der Waals surface area contributed by atoms with Gasteiger partial charge in [0, 0.05) is 31.3 Å². The SMILES string of the molecule is CN(C)c1ccc(N=Nc2ccc(N3C(=O)C4CC=C5C(CC6C(=O)C(c7ccccc7)=CC(=O)C6(c6ccccc6)C5c5ccc(CO)o5)C4C3=O)cc2)cc1. The fourth-order valence-electron chi connectivity index (χ4n) is 9.67. The molecule has 1 aliphatic heterocycles. The van der Waals surface area contributed by atoms with Crippen LogP contribution in [0.2, 0.25) is 0 Å². The van der Waals surface area contributed by atoms with Crippen molar-refractivity contribution in [1.82, 2.24) is 0 Å². The molecule has 2 fully saturated rings. The van der Waals surface area contributed by atoms with E-state index in [1.54, 1.807) is 36.4 Å². The van der Waals surface area contributed by atoms with Crippen LogP contribution in [0.1, 0.15) is 41.4 Å². The van der Waals surface area contributed by atoms with Crippen LogP contribution in [-0.2, 0) is 31.2 Å². The predicted octanol–water partition coefficient (Wildman–Crippen LogP) is 8.28. The molecule has 2 amide bonds. The van der Waals surface area contributed by atoms with E-state index in [9.17, 15) is 14.7 Å². The molecule has 6 atom stereocenters. The van der Waals surface area contributed by atoms with E-state index in [2.05, 4.69) is 10.2 Å². The number of carbonyl (C=O) groups is 4. The largest absolute Gasteiger partial charge is 0.463 e. The molecule has 10 nitrogen and oxygen atoms in total. The van der Waals surface area contributed by atoms with Crippen molar-refractivity contribution in [3.63, 3.8) is 0 Å². The molecule has 5 aromatic rings. The molecule has 1 saturated heterocycles. The number of azo groups is 1. The highest BCUT2D eigenvalue weighted by atomic mass is 16.4. The highest BCUT2D eigenvalue weighted by molar-refractivity contribution is 6.32. The number of ketones is 2. The fourth-order valence-corrected chi connectivity index (χ4v) is 9.67. The predicted molar refractivity (Wildman–Crippen MR) is 215 cm³/mol. The summed E-state index contributed by atoms with van der Waals surface area (Å²) in [5.74, 6) is -3.96. The monoisotopic (exact) mass is 756 g/mol. The van der Waals surface area contributed by atoms with Gasteiger partial charge < -0.3 is 14.4 Å². The molecular weight excluding hydrogens is 717 g/mol. The summed E-state index contributed by atoms with van der Waals surface area (Å²) >= 11 is 0. The third-order valence-corrected chi connectivity index (χ3v) is 12.3. The van der Waals surface area contributed by atoms with Gasteiger partial charge in [-0.3, -0.25) is 24.1 Å². The average Bonchev–Trinajstić information content (AvgIpc) is 3.82. The number of hydrogen-bond donors (Lipinski definition) is 1. The molecule has 1 N–H and O–H groups in total. The Balaban J connectivity index is 1.10. The summed E-state index contributed by atoms with van der Waals surface area (Å²) in [5.41, 5.74) is 3.75. The second-order valence-electron chi connectivity index (χ2n) is 15.4. The molecule has 2 heterocycles. The number of imide groups is 1. The maximum absolute atomic E-state index is 15.1. The van der Waals surface area contributed by atoms with Crippen molar-refractivity contribution in [1.29, 1.82) is 0 Å². The van der Waals surface area contributed by atoms with Crippen molar-refractivity contribution in [2.24, 2.45) is 33.9 Å². The number of furan rings is 1. The number of allylic oxidation sites excluding steroid dienone is 4. The molecule has 4 aliphatic rings. The normalized spacial score (nSPS) is 25.5. The van der Waals surface area contributed by atoms with Gasteiger partial charge in [-0.15, -0.1) is 0 Å². The summed E-state index contributed by atoms with van der Waals surface area (Å²) in [6.07, 6.45) is 3.94. The van der Waals surface area contributed by atoms with Crippen molar-refractivity contribution in [2.45, 2.75) is 30.8 Å². The van der Waals surface area contributed by atoms with Gasteiger partial charge in [-0.25, -0.2) is 0 Å².